The summed E-state index contributed by atoms with van der Waals surface area (Å²) in [6, 6.07) is 7.97. The molecular formula is C23H27N3O2S2. The summed E-state index contributed by atoms with van der Waals surface area (Å²) in [7, 11) is 2.12. The number of thioether (sulfide) groups is 1. The Morgan fingerprint density at radius 1 is 1.30 bits per heavy atom. The first-order chi connectivity index (χ1) is 14.7. The number of hydrogen-bond acceptors (Lipinski definition) is 6. The summed E-state index contributed by atoms with van der Waals surface area (Å²) in [6.45, 7) is 1.91. The van der Waals surface area contributed by atoms with Crippen molar-refractivity contribution in [1.29, 1.82) is 0 Å². The molecule has 0 atom stereocenters. The van der Waals surface area contributed by atoms with Gasteiger partial charge in [0.15, 0.2) is 10.9 Å². The first-order valence-electron chi connectivity index (χ1n) is 10.8. The van der Waals surface area contributed by atoms with Crippen molar-refractivity contribution >= 4 is 45.1 Å². The average Bonchev–Trinajstić information content (AvgIpc) is 3.33. The highest BCUT2D eigenvalue weighted by Gasteiger charge is 2.25. The second kappa shape index (κ2) is 8.73. The molecule has 1 fully saturated rings. The first-order valence-corrected chi connectivity index (χ1v) is 12.6. The largest absolute Gasteiger partial charge is 0.451 e. The lowest BCUT2D eigenvalue weighted by molar-refractivity contribution is 0.0998. The third kappa shape index (κ3) is 4.15. The molecule has 3 aromatic rings. The molecular weight excluding hydrogens is 414 g/mol. The molecule has 3 heterocycles. The van der Waals surface area contributed by atoms with E-state index in [2.05, 4.69) is 28.3 Å². The van der Waals surface area contributed by atoms with Crippen LogP contribution in [0.4, 0.5) is 5.13 Å². The van der Waals surface area contributed by atoms with E-state index in [1.807, 2.05) is 30.0 Å². The molecule has 5 nitrogen and oxygen atoms in total. The maximum atomic E-state index is 13.2. The van der Waals surface area contributed by atoms with Gasteiger partial charge < -0.3 is 9.32 Å². The van der Waals surface area contributed by atoms with Gasteiger partial charge in [0.2, 0.25) is 0 Å². The lowest BCUT2D eigenvalue weighted by Gasteiger charge is -2.20. The Morgan fingerprint density at radius 2 is 2.13 bits per heavy atom. The Labute approximate surface area is 185 Å². The van der Waals surface area contributed by atoms with E-state index in [0.29, 0.717) is 16.1 Å². The number of para-hydroxylation sites is 1. The molecule has 1 saturated carbocycles. The van der Waals surface area contributed by atoms with Gasteiger partial charge in [-0.25, -0.2) is 4.98 Å². The van der Waals surface area contributed by atoms with Crippen LogP contribution in [0.1, 0.15) is 58.8 Å². The van der Waals surface area contributed by atoms with E-state index < -0.39 is 0 Å². The van der Waals surface area contributed by atoms with Crippen LogP contribution in [0, 0.1) is 0 Å². The number of amides is 1. The highest BCUT2D eigenvalue weighted by molar-refractivity contribution is 7.99. The molecule has 7 heteroatoms. The highest BCUT2D eigenvalue weighted by atomic mass is 32.2. The van der Waals surface area contributed by atoms with E-state index in [1.165, 1.54) is 37.0 Å². The standard InChI is InChI=1S/C23H27N3O2S2/c1-26-12-11-18-20(13-26)30-23(24-18)25-22(27)21-17(14-29-15-7-3-2-4-8-15)16-9-5-6-10-19(16)28-21/h5-6,9-10,15H,2-4,7-8,11-14H2,1H3,(H,24,25,27). The number of furan rings is 1. The van der Waals surface area contributed by atoms with Crippen LogP contribution in [0.3, 0.4) is 0 Å². The summed E-state index contributed by atoms with van der Waals surface area (Å²) in [5.74, 6) is 1.05. The first kappa shape index (κ1) is 20.1. The van der Waals surface area contributed by atoms with Crippen LogP contribution in [0.5, 0.6) is 0 Å². The van der Waals surface area contributed by atoms with Crippen LogP contribution >= 0.6 is 23.1 Å². The summed E-state index contributed by atoms with van der Waals surface area (Å²) in [4.78, 5) is 21.4. The van der Waals surface area contributed by atoms with Gasteiger partial charge in [0.1, 0.15) is 5.58 Å². The van der Waals surface area contributed by atoms with Crippen molar-refractivity contribution < 1.29 is 9.21 Å². The van der Waals surface area contributed by atoms with E-state index in [1.54, 1.807) is 11.3 Å². The van der Waals surface area contributed by atoms with E-state index in [9.17, 15) is 4.79 Å². The molecule has 0 bridgehead atoms. The van der Waals surface area contributed by atoms with Gasteiger partial charge in [-0.2, -0.15) is 11.8 Å². The second-order valence-electron chi connectivity index (χ2n) is 8.31. The van der Waals surface area contributed by atoms with Crippen molar-refractivity contribution in [3.8, 4) is 0 Å². The number of thiazole rings is 1. The van der Waals surface area contributed by atoms with Crippen LogP contribution in [0.15, 0.2) is 28.7 Å². The number of nitrogens with one attached hydrogen (secondary N) is 1. The fourth-order valence-corrected chi connectivity index (χ4v) is 6.83. The summed E-state index contributed by atoms with van der Waals surface area (Å²) in [5.41, 5.74) is 2.91. The molecule has 1 aliphatic heterocycles. The molecule has 1 amide bonds. The van der Waals surface area contributed by atoms with Gasteiger partial charge in [-0.3, -0.25) is 10.1 Å². The zero-order valence-electron chi connectivity index (χ0n) is 17.3. The maximum absolute atomic E-state index is 13.2. The Morgan fingerprint density at radius 3 is 3.00 bits per heavy atom. The Bertz CT molecular complexity index is 1050. The average molecular weight is 442 g/mol. The molecule has 2 aromatic heterocycles. The zero-order chi connectivity index (χ0) is 20.5. The lowest BCUT2D eigenvalue weighted by Crippen LogP contribution is -2.25. The molecule has 158 valence electrons. The predicted molar refractivity (Wildman–Crippen MR) is 124 cm³/mol. The Balaban J connectivity index is 1.38. The molecule has 1 aromatic carbocycles. The van der Waals surface area contributed by atoms with E-state index >= 15 is 0 Å². The van der Waals surface area contributed by atoms with Crippen LogP contribution in [-0.4, -0.2) is 34.6 Å². The fourth-order valence-electron chi connectivity index (χ4n) is 4.39. The molecule has 2 aliphatic rings. The van der Waals surface area contributed by atoms with Crippen molar-refractivity contribution in [2.75, 3.05) is 18.9 Å². The number of hydrogen-bond donors (Lipinski definition) is 1. The maximum Gasteiger partial charge on any atom is 0.293 e. The number of carbonyl (C=O) groups is 1. The third-order valence-electron chi connectivity index (χ3n) is 6.06. The summed E-state index contributed by atoms with van der Waals surface area (Å²) >= 11 is 3.55. The van der Waals surface area contributed by atoms with Crippen molar-refractivity contribution in [1.82, 2.24) is 9.88 Å². The number of benzene rings is 1. The third-order valence-corrected chi connectivity index (χ3v) is 8.46. The van der Waals surface area contributed by atoms with Gasteiger partial charge in [-0.15, -0.1) is 11.3 Å². The van der Waals surface area contributed by atoms with Crippen molar-refractivity contribution in [2.45, 2.75) is 56.1 Å². The molecule has 1 aliphatic carbocycles. The van der Waals surface area contributed by atoms with Gasteiger partial charge in [-0.05, 0) is 26.0 Å². The molecule has 1 N–H and O–H groups in total. The Kier molecular flexibility index (Phi) is 5.85. The Hall–Kier alpha value is -1.83. The predicted octanol–water partition coefficient (Wildman–Crippen LogP) is 5.70. The second-order valence-corrected chi connectivity index (χ2v) is 10.7. The molecule has 30 heavy (non-hydrogen) atoms. The number of nitrogens with zero attached hydrogens (tertiary/aromatic N) is 2. The smallest absolute Gasteiger partial charge is 0.293 e. The normalized spacial score (nSPS) is 17.9. The summed E-state index contributed by atoms with van der Waals surface area (Å²) < 4.78 is 6.04. The summed E-state index contributed by atoms with van der Waals surface area (Å²) in [6.07, 6.45) is 7.49. The van der Waals surface area contributed by atoms with E-state index in [0.717, 1.165) is 47.5 Å². The monoisotopic (exact) mass is 441 g/mol. The molecule has 0 saturated heterocycles. The zero-order valence-corrected chi connectivity index (χ0v) is 18.9. The van der Waals surface area contributed by atoms with Gasteiger partial charge in [0.05, 0.1) is 5.69 Å². The van der Waals surface area contributed by atoms with E-state index in [4.69, 9.17) is 4.42 Å². The van der Waals surface area contributed by atoms with Crippen LogP contribution in [0.25, 0.3) is 11.0 Å². The number of fused-ring (bicyclic) bond motifs is 2. The molecule has 5 rings (SSSR count). The SMILES string of the molecule is CN1CCc2nc(NC(=O)c3oc4ccccc4c3CSC3CCCCC3)sc2C1. The van der Waals surface area contributed by atoms with Gasteiger partial charge >= 0.3 is 0 Å². The fraction of sp³-hybridized carbons (Fsp3) is 0.478. The minimum absolute atomic E-state index is 0.190. The van der Waals surface area contributed by atoms with Crippen LogP contribution in [-0.2, 0) is 18.7 Å². The van der Waals surface area contributed by atoms with Crippen molar-refractivity contribution in [3.63, 3.8) is 0 Å². The molecule has 0 spiro atoms. The van der Waals surface area contributed by atoms with Crippen LogP contribution < -0.4 is 5.32 Å². The molecule has 0 radical (unpaired) electrons. The number of likely N-dealkylation sites (N-methyl/N-ethyl adjacent to an activating group) is 1. The van der Waals surface area contributed by atoms with Gasteiger partial charge in [0.25, 0.3) is 5.91 Å². The molecule has 0 unspecified atom stereocenters. The number of carbonyl (C=O) groups excluding carboxylic acids is 1. The number of aromatic nitrogens is 1. The minimum atomic E-state index is -0.190. The summed E-state index contributed by atoms with van der Waals surface area (Å²) in [5, 5.41) is 5.42. The van der Waals surface area contributed by atoms with Gasteiger partial charge in [0, 0.05) is 46.3 Å². The van der Waals surface area contributed by atoms with E-state index in [-0.39, 0.29) is 5.91 Å². The van der Waals surface area contributed by atoms with Crippen LogP contribution in [0.2, 0.25) is 0 Å². The number of anilines is 1. The lowest BCUT2D eigenvalue weighted by atomic mass is 10.0. The topological polar surface area (TPSA) is 58.4 Å². The minimum Gasteiger partial charge on any atom is -0.451 e. The van der Waals surface area contributed by atoms with Gasteiger partial charge in [-0.1, -0.05) is 37.5 Å². The number of rotatable bonds is 5. The van der Waals surface area contributed by atoms with Crippen molar-refractivity contribution in [2.24, 2.45) is 0 Å². The highest BCUT2D eigenvalue weighted by Crippen LogP contribution is 2.35. The van der Waals surface area contributed by atoms with Crippen molar-refractivity contribution in [3.05, 3.63) is 46.2 Å². The quantitative estimate of drug-likeness (QED) is 0.551.